The molecule has 1 heterocycles. The minimum Gasteiger partial charge on any atom is -0.481 e. The molecule has 0 aromatic carbocycles. The smallest absolute Gasteiger partial charge is 0.308 e. The van der Waals surface area contributed by atoms with Gasteiger partial charge in [-0.15, -0.1) is 11.3 Å². The first-order valence-electron chi connectivity index (χ1n) is 6.42. The fourth-order valence-electron chi connectivity index (χ4n) is 2.34. The molecule has 1 aliphatic rings. The number of carboxylic acid groups (broad SMARTS) is 1. The average molecular weight is 296 g/mol. The third kappa shape index (κ3) is 3.57. The molecule has 2 amide bonds. The highest BCUT2D eigenvalue weighted by Gasteiger charge is 2.33. The van der Waals surface area contributed by atoms with E-state index in [1.807, 2.05) is 0 Å². The fraction of sp³-hybridized carbons (Fsp3) is 0.462. The summed E-state index contributed by atoms with van der Waals surface area (Å²) in [5, 5.41) is 16.0. The Balaban J connectivity index is 1.78. The summed E-state index contributed by atoms with van der Waals surface area (Å²) in [6, 6.07) is 3.10. The highest BCUT2D eigenvalue weighted by atomic mass is 32.1. The number of thiophene rings is 1. The molecule has 108 valence electrons. The summed E-state index contributed by atoms with van der Waals surface area (Å²) < 4.78 is 0. The molecule has 6 nitrogen and oxygen atoms in total. The lowest BCUT2D eigenvalue weighted by molar-refractivity contribution is -0.142. The molecule has 1 fully saturated rings. The van der Waals surface area contributed by atoms with Crippen molar-refractivity contribution in [2.45, 2.75) is 25.3 Å². The van der Waals surface area contributed by atoms with Crippen LogP contribution in [0.25, 0.3) is 0 Å². The first-order chi connectivity index (χ1) is 9.58. The van der Waals surface area contributed by atoms with Crippen molar-refractivity contribution < 1.29 is 19.5 Å². The van der Waals surface area contributed by atoms with Crippen molar-refractivity contribution in [3.05, 3.63) is 22.4 Å². The lowest BCUT2D eigenvalue weighted by atomic mass is 10.0. The Morgan fingerprint density at radius 3 is 2.80 bits per heavy atom. The molecule has 0 saturated heterocycles. The highest BCUT2D eigenvalue weighted by molar-refractivity contribution is 7.12. The maximum Gasteiger partial charge on any atom is 0.308 e. The fourth-order valence-corrected chi connectivity index (χ4v) is 2.98. The van der Waals surface area contributed by atoms with Crippen molar-refractivity contribution in [1.82, 2.24) is 10.6 Å². The number of carboxylic acids is 1. The van der Waals surface area contributed by atoms with Crippen LogP contribution >= 0.6 is 11.3 Å². The number of nitrogens with one attached hydrogen (secondary N) is 2. The Kier molecular flexibility index (Phi) is 4.73. The van der Waals surface area contributed by atoms with E-state index in [0.717, 1.165) is 6.42 Å². The highest BCUT2D eigenvalue weighted by Crippen LogP contribution is 2.25. The molecular formula is C13H16N2O4S. The summed E-state index contributed by atoms with van der Waals surface area (Å²) in [6.07, 6.45) is 2.05. The summed E-state index contributed by atoms with van der Waals surface area (Å²) >= 11 is 1.30. The Morgan fingerprint density at radius 2 is 2.15 bits per heavy atom. The number of hydrogen-bond donors (Lipinski definition) is 3. The molecule has 7 heteroatoms. The summed E-state index contributed by atoms with van der Waals surface area (Å²) in [5.74, 6) is -2.05. The van der Waals surface area contributed by atoms with Crippen LogP contribution in [0.1, 0.15) is 28.9 Å². The van der Waals surface area contributed by atoms with Crippen LogP contribution in [0.15, 0.2) is 17.5 Å². The van der Waals surface area contributed by atoms with Crippen LogP contribution in [-0.4, -0.2) is 35.5 Å². The van der Waals surface area contributed by atoms with Gasteiger partial charge in [0.1, 0.15) is 0 Å². The number of carbonyl (C=O) groups excluding carboxylic acids is 2. The number of aliphatic carboxylic acids is 1. The predicted molar refractivity (Wildman–Crippen MR) is 73.6 cm³/mol. The molecular weight excluding hydrogens is 280 g/mol. The Morgan fingerprint density at radius 1 is 1.35 bits per heavy atom. The van der Waals surface area contributed by atoms with Gasteiger partial charge in [0.15, 0.2) is 0 Å². The quantitative estimate of drug-likeness (QED) is 0.750. The SMILES string of the molecule is O=C(CNC(=O)c1cccs1)N[C@H]1CCC[C@H]1C(=O)O. The van der Waals surface area contributed by atoms with E-state index in [4.69, 9.17) is 5.11 Å². The average Bonchev–Trinajstić information content (AvgIpc) is 3.06. The van der Waals surface area contributed by atoms with Gasteiger partial charge in [0, 0.05) is 6.04 Å². The van der Waals surface area contributed by atoms with Crippen LogP contribution in [0.3, 0.4) is 0 Å². The van der Waals surface area contributed by atoms with Gasteiger partial charge in [-0.1, -0.05) is 12.5 Å². The number of hydrogen-bond acceptors (Lipinski definition) is 4. The Labute approximate surface area is 120 Å². The molecule has 20 heavy (non-hydrogen) atoms. The number of rotatable bonds is 5. The van der Waals surface area contributed by atoms with E-state index in [1.54, 1.807) is 17.5 Å². The molecule has 1 aromatic heterocycles. The van der Waals surface area contributed by atoms with E-state index in [2.05, 4.69) is 10.6 Å². The van der Waals surface area contributed by atoms with Gasteiger partial charge in [-0.2, -0.15) is 0 Å². The molecule has 0 bridgehead atoms. The molecule has 0 unspecified atom stereocenters. The van der Waals surface area contributed by atoms with Crippen LogP contribution in [0, 0.1) is 5.92 Å². The van der Waals surface area contributed by atoms with Crippen molar-refractivity contribution in [1.29, 1.82) is 0 Å². The van der Waals surface area contributed by atoms with Gasteiger partial charge in [-0.05, 0) is 24.3 Å². The summed E-state index contributed by atoms with van der Waals surface area (Å²) in [4.78, 5) is 34.9. The molecule has 0 aliphatic heterocycles. The molecule has 2 rings (SSSR count). The minimum atomic E-state index is -0.879. The Bertz CT molecular complexity index is 500. The standard InChI is InChI=1S/C13H16N2O4S/c16-11(7-14-12(17)10-5-2-6-20-10)15-9-4-1-3-8(9)13(18)19/h2,5-6,8-9H,1,3-4,7H2,(H,14,17)(H,15,16)(H,18,19)/t8-,9+/m1/s1. The van der Waals surface area contributed by atoms with E-state index in [-0.39, 0.29) is 24.4 Å². The monoisotopic (exact) mass is 296 g/mol. The maximum atomic E-state index is 11.7. The van der Waals surface area contributed by atoms with E-state index in [1.165, 1.54) is 11.3 Å². The van der Waals surface area contributed by atoms with Gasteiger partial charge in [0.2, 0.25) is 5.91 Å². The predicted octanol–water partition coefficient (Wildman–Crippen LogP) is 0.847. The zero-order valence-corrected chi connectivity index (χ0v) is 11.6. The van der Waals surface area contributed by atoms with E-state index in [0.29, 0.717) is 17.7 Å². The van der Waals surface area contributed by atoms with Gasteiger partial charge in [0.25, 0.3) is 5.91 Å². The van der Waals surface area contributed by atoms with E-state index < -0.39 is 11.9 Å². The summed E-state index contributed by atoms with van der Waals surface area (Å²) in [6.45, 7) is -0.139. The van der Waals surface area contributed by atoms with Gasteiger partial charge >= 0.3 is 5.97 Å². The van der Waals surface area contributed by atoms with Gasteiger partial charge in [-0.3, -0.25) is 14.4 Å². The van der Waals surface area contributed by atoms with Crippen molar-refractivity contribution in [3.8, 4) is 0 Å². The maximum absolute atomic E-state index is 11.7. The first kappa shape index (κ1) is 14.5. The molecule has 2 atom stereocenters. The van der Waals surface area contributed by atoms with Crippen LogP contribution in [-0.2, 0) is 9.59 Å². The third-order valence-electron chi connectivity index (χ3n) is 3.33. The lowest BCUT2D eigenvalue weighted by Gasteiger charge is -2.17. The molecule has 3 N–H and O–H groups in total. The lowest BCUT2D eigenvalue weighted by Crippen LogP contribution is -2.44. The van der Waals surface area contributed by atoms with Crippen LogP contribution in [0.2, 0.25) is 0 Å². The largest absolute Gasteiger partial charge is 0.481 e. The van der Waals surface area contributed by atoms with Crippen LogP contribution in [0.5, 0.6) is 0 Å². The molecule has 0 spiro atoms. The van der Waals surface area contributed by atoms with Crippen molar-refractivity contribution in [2.24, 2.45) is 5.92 Å². The zero-order valence-electron chi connectivity index (χ0n) is 10.8. The summed E-state index contributed by atoms with van der Waals surface area (Å²) in [7, 11) is 0. The van der Waals surface area contributed by atoms with Crippen molar-refractivity contribution in [3.63, 3.8) is 0 Å². The van der Waals surface area contributed by atoms with E-state index in [9.17, 15) is 14.4 Å². The molecule has 1 aliphatic carbocycles. The zero-order chi connectivity index (χ0) is 14.5. The molecule has 0 radical (unpaired) electrons. The second kappa shape index (κ2) is 6.51. The second-order valence-corrected chi connectivity index (χ2v) is 5.66. The minimum absolute atomic E-state index is 0.139. The Hall–Kier alpha value is -1.89. The third-order valence-corrected chi connectivity index (χ3v) is 4.20. The first-order valence-corrected chi connectivity index (χ1v) is 7.30. The van der Waals surface area contributed by atoms with Crippen molar-refractivity contribution >= 4 is 29.1 Å². The number of carbonyl (C=O) groups is 3. The van der Waals surface area contributed by atoms with Crippen molar-refractivity contribution in [2.75, 3.05) is 6.54 Å². The second-order valence-electron chi connectivity index (χ2n) is 4.71. The van der Waals surface area contributed by atoms with E-state index >= 15 is 0 Å². The number of amides is 2. The van der Waals surface area contributed by atoms with Crippen LogP contribution < -0.4 is 10.6 Å². The topological polar surface area (TPSA) is 95.5 Å². The van der Waals surface area contributed by atoms with Gasteiger partial charge in [0.05, 0.1) is 17.3 Å². The van der Waals surface area contributed by atoms with Gasteiger partial charge in [-0.25, -0.2) is 0 Å². The molecule has 1 aromatic rings. The normalized spacial score (nSPS) is 21.4. The van der Waals surface area contributed by atoms with Crippen LogP contribution in [0.4, 0.5) is 0 Å². The molecule has 1 saturated carbocycles. The summed E-state index contributed by atoms with van der Waals surface area (Å²) in [5.41, 5.74) is 0. The van der Waals surface area contributed by atoms with Gasteiger partial charge < -0.3 is 15.7 Å².